The van der Waals surface area contributed by atoms with Crippen molar-refractivity contribution < 1.29 is 14.6 Å². The normalized spacial score (nSPS) is 10.7. The van der Waals surface area contributed by atoms with Crippen LogP contribution in [0, 0.1) is 4.91 Å². The highest BCUT2D eigenvalue weighted by molar-refractivity contribution is 5.89. The molecule has 0 atom stereocenters. The molecule has 2 N–H and O–H groups in total. The average molecular weight is 283 g/mol. The molecule has 0 unspecified atom stereocenters. The third-order valence-corrected chi connectivity index (χ3v) is 3.08. The fourth-order valence-electron chi connectivity index (χ4n) is 2.11. The Balaban J connectivity index is 2.42. The first-order valence-corrected chi connectivity index (χ1v) is 6.03. The fraction of sp³-hybridized carbons (Fsp3) is 0. The summed E-state index contributed by atoms with van der Waals surface area (Å²) in [4.78, 5) is 22.7. The van der Waals surface area contributed by atoms with Crippen LogP contribution in [0.2, 0.25) is 0 Å². The summed E-state index contributed by atoms with van der Waals surface area (Å²) in [6.45, 7) is 0. The number of nitroso groups, excluding NO2 is 1. The zero-order valence-electron chi connectivity index (χ0n) is 10.6. The zero-order chi connectivity index (χ0) is 15.0. The van der Waals surface area contributed by atoms with E-state index in [1.807, 2.05) is 0 Å². The Morgan fingerprint density at radius 1 is 1.05 bits per heavy atom. The lowest BCUT2D eigenvalue weighted by molar-refractivity contribution is 0.445. The van der Waals surface area contributed by atoms with Gasteiger partial charge in [-0.25, -0.2) is 0 Å². The number of phenols is 1. The van der Waals surface area contributed by atoms with Crippen LogP contribution in [0.4, 0.5) is 5.69 Å². The Hall–Kier alpha value is -3.15. The first kappa shape index (κ1) is 12.9. The number of nitrogens with zero attached hydrogens (tertiary/aromatic N) is 1. The summed E-state index contributed by atoms with van der Waals surface area (Å²) < 4.78 is 5.47. The largest absolute Gasteiger partial charge is 0.507 e. The summed E-state index contributed by atoms with van der Waals surface area (Å²) in [6, 6.07) is 10.8. The summed E-state index contributed by atoms with van der Waals surface area (Å²) in [5, 5.41) is 22.3. The van der Waals surface area contributed by atoms with Crippen LogP contribution in [-0.4, -0.2) is 10.2 Å². The molecule has 0 saturated heterocycles. The Labute approximate surface area is 117 Å². The minimum Gasteiger partial charge on any atom is -0.507 e. The molecule has 0 bridgehead atoms. The third-order valence-electron chi connectivity index (χ3n) is 3.08. The number of hydrogen-bond acceptors (Lipinski definition) is 6. The maximum absolute atomic E-state index is 12.2. The quantitative estimate of drug-likeness (QED) is 0.703. The minimum atomic E-state index is -0.773. The smallest absolute Gasteiger partial charge is 0.238 e. The van der Waals surface area contributed by atoms with Crippen molar-refractivity contribution >= 4 is 16.7 Å². The summed E-state index contributed by atoms with van der Waals surface area (Å²) in [7, 11) is 0. The van der Waals surface area contributed by atoms with Gasteiger partial charge in [-0.2, -0.15) is 0 Å². The van der Waals surface area contributed by atoms with Gasteiger partial charge < -0.3 is 14.6 Å². The maximum atomic E-state index is 12.2. The van der Waals surface area contributed by atoms with Crippen LogP contribution in [0.5, 0.6) is 11.5 Å². The zero-order valence-corrected chi connectivity index (χ0v) is 10.6. The molecule has 0 spiro atoms. The number of aromatic hydroxyl groups is 2. The molecule has 6 heteroatoms. The highest BCUT2D eigenvalue weighted by atomic mass is 16.4. The summed E-state index contributed by atoms with van der Waals surface area (Å²) in [5.41, 5.74) is -0.373. The highest BCUT2D eigenvalue weighted by Gasteiger charge is 2.18. The molecule has 2 aromatic carbocycles. The number of phenolic OH excluding ortho intramolecular Hbond substituents is 1. The maximum Gasteiger partial charge on any atom is 0.238 e. The molecule has 3 rings (SSSR count). The van der Waals surface area contributed by atoms with E-state index in [4.69, 9.17) is 4.42 Å². The second-order valence-corrected chi connectivity index (χ2v) is 4.40. The molecule has 0 aliphatic rings. The number of rotatable bonds is 2. The van der Waals surface area contributed by atoms with Gasteiger partial charge in [0.15, 0.2) is 5.76 Å². The Bertz CT molecular complexity index is 899. The Kier molecular flexibility index (Phi) is 2.91. The van der Waals surface area contributed by atoms with Crippen molar-refractivity contribution in [3.8, 4) is 22.8 Å². The molecular formula is C15H9NO5. The van der Waals surface area contributed by atoms with Crippen LogP contribution < -0.4 is 5.43 Å². The van der Waals surface area contributed by atoms with Gasteiger partial charge in [-0.05, 0) is 5.18 Å². The number of hydrogen-bond donors (Lipinski definition) is 2. The van der Waals surface area contributed by atoms with Crippen molar-refractivity contribution in [3.63, 3.8) is 0 Å². The molecule has 0 saturated carbocycles. The fourth-order valence-corrected chi connectivity index (χ4v) is 2.11. The molecule has 0 radical (unpaired) electrons. The van der Waals surface area contributed by atoms with Gasteiger partial charge in [0.05, 0.1) is 0 Å². The van der Waals surface area contributed by atoms with Gasteiger partial charge in [0, 0.05) is 17.7 Å². The Morgan fingerprint density at radius 2 is 1.76 bits per heavy atom. The van der Waals surface area contributed by atoms with E-state index in [-0.39, 0.29) is 22.4 Å². The van der Waals surface area contributed by atoms with Crippen LogP contribution >= 0.6 is 0 Å². The molecular weight excluding hydrogens is 274 g/mol. The molecule has 0 aliphatic carbocycles. The minimum absolute atomic E-state index is 0.0220. The first-order chi connectivity index (χ1) is 10.1. The van der Waals surface area contributed by atoms with Crippen molar-refractivity contribution in [1.82, 2.24) is 0 Å². The Morgan fingerprint density at radius 3 is 2.43 bits per heavy atom. The van der Waals surface area contributed by atoms with E-state index in [2.05, 4.69) is 5.18 Å². The second kappa shape index (κ2) is 4.75. The monoisotopic (exact) mass is 283 g/mol. The van der Waals surface area contributed by atoms with Crippen LogP contribution in [0.3, 0.4) is 0 Å². The summed E-state index contributed by atoms with van der Waals surface area (Å²) >= 11 is 0. The number of fused-ring (bicyclic) bond motifs is 1. The first-order valence-electron chi connectivity index (χ1n) is 6.03. The predicted octanol–water partition coefficient (Wildman–Crippen LogP) is 3.27. The lowest BCUT2D eigenvalue weighted by Gasteiger charge is -2.07. The summed E-state index contributed by atoms with van der Waals surface area (Å²) in [5.74, 6) is -1.10. The van der Waals surface area contributed by atoms with Gasteiger partial charge >= 0.3 is 0 Å². The van der Waals surface area contributed by atoms with Crippen molar-refractivity contribution in [3.05, 3.63) is 57.6 Å². The predicted molar refractivity (Wildman–Crippen MR) is 76.7 cm³/mol. The van der Waals surface area contributed by atoms with Crippen LogP contribution in [-0.2, 0) is 0 Å². The van der Waals surface area contributed by atoms with Crippen molar-refractivity contribution in [2.45, 2.75) is 0 Å². The molecule has 3 aromatic rings. The van der Waals surface area contributed by atoms with Gasteiger partial charge in [0.25, 0.3) is 0 Å². The molecule has 1 aromatic heterocycles. The van der Waals surface area contributed by atoms with E-state index in [1.54, 1.807) is 30.3 Å². The number of benzene rings is 2. The van der Waals surface area contributed by atoms with E-state index >= 15 is 0 Å². The van der Waals surface area contributed by atoms with Crippen molar-refractivity contribution in [2.75, 3.05) is 0 Å². The van der Waals surface area contributed by atoms with Gasteiger partial charge in [0.1, 0.15) is 22.4 Å². The molecule has 0 aliphatic heterocycles. The highest BCUT2D eigenvalue weighted by Crippen LogP contribution is 2.35. The van der Waals surface area contributed by atoms with E-state index in [1.165, 1.54) is 6.07 Å². The average Bonchev–Trinajstić information content (AvgIpc) is 2.51. The van der Waals surface area contributed by atoms with Gasteiger partial charge in [0.2, 0.25) is 11.2 Å². The van der Waals surface area contributed by atoms with E-state index in [9.17, 15) is 19.9 Å². The lowest BCUT2D eigenvalue weighted by Crippen LogP contribution is -2.02. The molecule has 0 amide bonds. The SMILES string of the molecule is O=Nc1cc(O)c2c(=O)c(O)c(-c3ccccc3)oc2c1. The second-order valence-electron chi connectivity index (χ2n) is 4.40. The van der Waals surface area contributed by atoms with Crippen LogP contribution in [0.1, 0.15) is 0 Å². The van der Waals surface area contributed by atoms with Crippen molar-refractivity contribution in [1.29, 1.82) is 0 Å². The van der Waals surface area contributed by atoms with Gasteiger partial charge in [-0.3, -0.25) is 4.79 Å². The van der Waals surface area contributed by atoms with E-state index in [0.717, 1.165) is 6.07 Å². The van der Waals surface area contributed by atoms with Crippen LogP contribution in [0.15, 0.2) is 56.9 Å². The van der Waals surface area contributed by atoms with Crippen LogP contribution in [0.25, 0.3) is 22.3 Å². The van der Waals surface area contributed by atoms with Gasteiger partial charge in [-0.1, -0.05) is 30.3 Å². The molecule has 0 fully saturated rings. The lowest BCUT2D eigenvalue weighted by atomic mass is 10.1. The topological polar surface area (TPSA) is 100 Å². The summed E-state index contributed by atoms with van der Waals surface area (Å²) in [6.07, 6.45) is 0. The van der Waals surface area contributed by atoms with Gasteiger partial charge in [-0.15, -0.1) is 4.91 Å². The third kappa shape index (κ3) is 2.02. The standard InChI is InChI=1S/C15H9NO5/c17-10-6-9(16-20)7-11-12(10)13(18)14(19)15(21-11)8-4-2-1-3-5-8/h1-7,17,19H. The van der Waals surface area contributed by atoms with Crippen molar-refractivity contribution in [2.24, 2.45) is 5.18 Å². The van der Waals surface area contributed by atoms with E-state index < -0.39 is 16.9 Å². The molecule has 21 heavy (non-hydrogen) atoms. The molecule has 6 nitrogen and oxygen atoms in total. The van der Waals surface area contributed by atoms with E-state index in [0.29, 0.717) is 5.56 Å². The molecule has 1 heterocycles. The molecule has 104 valence electrons.